The number of rotatable bonds is 3. The Morgan fingerprint density at radius 3 is 2.46 bits per heavy atom. The molecule has 0 unspecified atom stereocenters. The number of H-pyrrole nitrogens is 2. The number of fused-ring (bicyclic) bond motifs is 1. The molecule has 1 aliphatic carbocycles. The van der Waals surface area contributed by atoms with Crippen LogP contribution >= 0.6 is 0 Å². The smallest absolute Gasteiger partial charge is 0.337 e. The average Bonchev–Trinajstić information content (AvgIpc) is 2.58. The summed E-state index contributed by atoms with van der Waals surface area (Å²) in [5, 5.41) is 27.0. The Hall–Kier alpha value is -3.94. The van der Waals surface area contributed by atoms with Crippen molar-refractivity contribution in [3.63, 3.8) is 0 Å². The van der Waals surface area contributed by atoms with Crippen LogP contribution in [-0.2, 0) is 4.79 Å². The maximum atomic E-state index is 11.7. The van der Waals surface area contributed by atoms with Gasteiger partial charge in [0.15, 0.2) is 0 Å². The lowest BCUT2D eigenvalue weighted by molar-refractivity contribution is -0.132. The molecule has 0 saturated carbocycles. The first-order valence-corrected chi connectivity index (χ1v) is 7.46. The number of hydrogen-bond donors (Lipinski definition) is 5. The zero-order valence-electron chi connectivity index (χ0n) is 13.2. The van der Waals surface area contributed by atoms with Gasteiger partial charge in [-0.25, -0.2) is 9.59 Å². The fourth-order valence-corrected chi connectivity index (χ4v) is 2.60. The van der Waals surface area contributed by atoms with Gasteiger partial charge in [0.05, 0.1) is 16.8 Å². The highest BCUT2D eigenvalue weighted by Crippen LogP contribution is 2.29. The van der Waals surface area contributed by atoms with Crippen molar-refractivity contribution < 1.29 is 15.0 Å². The van der Waals surface area contributed by atoms with Crippen LogP contribution in [0.2, 0.25) is 0 Å². The molecule has 0 bridgehead atoms. The van der Waals surface area contributed by atoms with Crippen LogP contribution < -0.4 is 11.2 Å². The van der Waals surface area contributed by atoms with Gasteiger partial charge in [-0.3, -0.25) is 20.2 Å². The van der Waals surface area contributed by atoms with Crippen molar-refractivity contribution >= 4 is 23.3 Å². The van der Waals surface area contributed by atoms with Crippen molar-refractivity contribution in [1.82, 2.24) is 9.97 Å². The average molecular weight is 351 g/mol. The summed E-state index contributed by atoms with van der Waals surface area (Å²) in [6.07, 6.45) is 5.65. The third-order valence-corrected chi connectivity index (χ3v) is 3.80. The van der Waals surface area contributed by atoms with E-state index in [1.807, 2.05) is 4.98 Å². The molecule has 1 aromatic carbocycles. The quantitative estimate of drug-likeness (QED) is 0.565. The van der Waals surface area contributed by atoms with Gasteiger partial charge in [-0.2, -0.15) is 0 Å². The van der Waals surface area contributed by atoms with E-state index in [4.69, 9.17) is 5.41 Å². The van der Waals surface area contributed by atoms with Crippen molar-refractivity contribution in [3.8, 4) is 5.88 Å². The number of allylic oxidation sites excluding steroid dienone is 4. The minimum atomic E-state index is -1.21. The van der Waals surface area contributed by atoms with Crippen LogP contribution in [0.3, 0.4) is 0 Å². The summed E-state index contributed by atoms with van der Waals surface area (Å²) in [6, 6.07) is 6.89. The maximum Gasteiger partial charge on any atom is 0.337 e. The first-order chi connectivity index (χ1) is 12.4. The molecular formula is C18H13N3O5. The molecule has 0 saturated heterocycles. The van der Waals surface area contributed by atoms with Gasteiger partial charge in [0.25, 0.3) is 5.56 Å². The summed E-state index contributed by atoms with van der Waals surface area (Å²) in [6.45, 7) is 0. The first kappa shape index (κ1) is 16.9. The minimum Gasteiger partial charge on any atom is -0.494 e. The van der Waals surface area contributed by atoms with Gasteiger partial charge in [-0.05, 0) is 23.3 Å². The Morgan fingerprint density at radius 1 is 1.12 bits per heavy atom. The molecule has 3 rings (SSSR count). The summed E-state index contributed by atoms with van der Waals surface area (Å²) in [5.74, 6) is -1.78. The highest BCUT2D eigenvalue weighted by Gasteiger charge is 2.23. The van der Waals surface area contributed by atoms with Gasteiger partial charge in [-0.1, -0.05) is 36.4 Å². The Kier molecular flexibility index (Phi) is 4.24. The number of aromatic amines is 2. The topological polar surface area (TPSA) is 147 Å². The van der Waals surface area contributed by atoms with E-state index in [0.29, 0.717) is 16.7 Å². The molecule has 8 nitrogen and oxygen atoms in total. The molecule has 0 spiro atoms. The SMILES string of the molecule is N=C1C(C(=O)O)=CC(=CC=Cc2c(O)[nH]c(=O)[nH]c2=O)c2ccccc21. The van der Waals surface area contributed by atoms with Gasteiger partial charge in [0.1, 0.15) is 0 Å². The van der Waals surface area contributed by atoms with Crippen molar-refractivity contribution in [2.75, 3.05) is 0 Å². The van der Waals surface area contributed by atoms with Gasteiger partial charge in [-0.15, -0.1) is 0 Å². The molecule has 0 amide bonds. The van der Waals surface area contributed by atoms with Crippen LogP contribution in [0.4, 0.5) is 0 Å². The molecule has 0 aliphatic heterocycles. The molecule has 8 heteroatoms. The largest absolute Gasteiger partial charge is 0.494 e. The maximum absolute atomic E-state index is 11.7. The number of carbonyl (C=O) groups is 1. The molecular weight excluding hydrogens is 338 g/mol. The zero-order chi connectivity index (χ0) is 18.8. The van der Waals surface area contributed by atoms with E-state index in [0.717, 1.165) is 0 Å². The van der Waals surface area contributed by atoms with Crippen LogP contribution in [-0.4, -0.2) is 31.9 Å². The lowest BCUT2D eigenvalue weighted by atomic mass is 9.86. The lowest BCUT2D eigenvalue weighted by Crippen LogP contribution is -2.23. The van der Waals surface area contributed by atoms with Crippen LogP contribution in [0.25, 0.3) is 11.6 Å². The summed E-state index contributed by atoms with van der Waals surface area (Å²) in [5.41, 5.74) is -0.253. The lowest BCUT2D eigenvalue weighted by Gasteiger charge is -2.17. The van der Waals surface area contributed by atoms with Crippen molar-refractivity contribution in [1.29, 1.82) is 5.41 Å². The predicted molar refractivity (Wildman–Crippen MR) is 95.3 cm³/mol. The van der Waals surface area contributed by atoms with E-state index in [1.54, 1.807) is 30.3 Å². The van der Waals surface area contributed by atoms with Crippen LogP contribution in [0.5, 0.6) is 5.88 Å². The standard InChI is InChI=1S/C18H13N3O5/c19-14-11-6-2-1-5-10(11)9(8-13(14)17(24)25)4-3-7-12-15(22)20-18(26)21-16(12)23/h1-8,19H,(H,24,25)(H3,20,21,22,23,26). The number of hydrogen-bond acceptors (Lipinski definition) is 5. The Labute approximate surface area is 146 Å². The number of carboxylic acids is 1. The number of benzene rings is 1. The molecule has 0 atom stereocenters. The second kappa shape index (κ2) is 6.52. The molecule has 26 heavy (non-hydrogen) atoms. The van der Waals surface area contributed by atoms with Crippen molar-refractivity contribution in [2.24, 2.45) is 0 Å². The van der Waals surface area contributed by atoms with Gasteiger partial charge >= 0.3 is 11.7 Å². The third-order valence-electron chi connectivity index (χ3n) is 3.80. The number of aliphatic carboxylic acids is 1. The summed E-state index contributed by atoms with van der Waals surface area (Å²) < 4.78 is 0. The normalized spacial score (nSPS) is 15.2. The second-order valence-electron chi connectivity index (χ2n) is 5.44. The Morgan fingerprint density at radius 2 is 1.81 bits per heavy atom. The molecule has 1 heterocycles. The summed E-state index contributed by atoms with van der Waals surface area (Å²) >= 11 is 0. The number of nitrogens with one attached hydrogen (secondary N) is 3. The van der Waals surface area contributed by atoms with E-state index in [2.05, 4.69) is 4.98 Å². The number of aromatic nitrogens is 2. The van der Waals surface area contributed by atoms with E-state index in [9.17, 15) is 24.6 Å². The third kappa shape index (κ3) is 3.03. The molecule has 5 N–H and O–H groups in total. The highest BCUT2D eigenvalue weighted by molar-refractivity contribution is 6.29. The first-order valence-electron chi connectivity index (χ1n) is 7.46. The predicted octanol–water partition coefficient (Wildman–Crippen LogP) is 1.26. The number of aromatic hydroxyl groups is 1. The van der Waals surface area contributed by atoms with Crippen LogP contribution in [0.15, 0.2) is 57.7 Å². The minimum absolute atomic E-state index is 0.0797. The van der Waals surface area contributed by atoms with E-state index in [-0.39, 0.29) is 16.8 Å². The van der Waals surface area contributed by atoms with Crippen molar-refractivity contribution in [3.05, 3.63) is 85.6 Å². The van der Waals surface area contributed by atoms with Gasteiger partial charge in [0, 0.05) is 5.56 Å². The monoisotopic (exact) mass is 351 g/mol. The molecule has 1 aliphatic rings. The van der Waals surface area contributed by atoms with E-state index in [1.165, 1.54) is 18.2 Å². The Bertz CT molecular complexity index is 1130. The fraction of sp³-hybridized carbons (Fsp3) is 0. The van der Waals surface area contributed by atoms with Gasteiger partial charge < -0.3 is 10.2 Å². The Balaban J connectivity index is 2.07. The molecule has 1 aromatic heterocycles. The molecule has 130 valence electrons. The molecule has 0 radical (unpaired) electrons. The summed E-state index contributed by atoms with van der Waals surface area (Å²) in [7, 11) is 0. The fourth-order valence-electron chi connectivity index (χ4n) is 2.60. The highest BCUT2D eigenvalue weighted by atomic mass is 16.4. The molecule has 0 fully saturated rings. The molecule has 2 aromatic rings. The summed E-state index contributed by atoms with van der Waals surface area (Å²) in [4.78, 5) is 38.2. The second-order valence-corrected chi connectivity index (χ2v) is 5.44. The van der Waals surface area contributed by atoms with E-state index >= 15 is 0 Å². The zero-order valence-corrected chi connectivity index (χ0v) is 13.2. The number of carboxylic acid groups (broad SMARTS) is 1. The van der Waals surface area contributed by atoms with E-state index < -0.39 is 23.1 Å². The van der Waals surface area contributed by atoms with Crippen LogP contribution in [0, 0.1) is 5.41 Å². The van der Waals surface area contributed by atoms with Crippen LogP contribution in [0.1, 0.15) is 16.7 Å². The van der Waals surface area contributed by atoms with Crippen molar-refractivity contribution in [2.45, 2.75) is 0 Å². The van der Waals surface area contributed by atoms with Gasteiger partial charge in [0.2, 0.25) is 5.88 Å².